The molecule has 130 valence electrons. The Labute approximate surface area is 141 Å². The van der Waals surface area contributed by atoms with Crippen LogP contribution in [-0.2, 0) is 4.74 Å². The molecule has 24 heavy (non-hydrogen) atoms. The Bertz CT molecular complexity index is 624. The zero-order chi connectivity index (χ0) is 17.1. The van der Waals surface area contributed by atoms with Crippen molar-refractivity contribution < 1.29 is 14.5 Å². The summed E-state index contributed by atoms with van der Waals surface area (Å²) in [6.07, 6.45) is 3.55. The number of nitro benzene ring substituents is 1. The van der Waals surface area contributed by atoms with Gasteiger partial charge in [0.2, 0.25) is 0 Å². The van der Waals surface area contributed by atoms with Gasteiger partial charge in [0, 0.05) is 30.8 Å². The van der Waals surface area contributed by atoms with E-state index in [-0.39, 0.29) is 17.6 Å². The minimum Gasteiger partial charge on any atom is -0.378 e. The van der Waals surface area contributed by atoms with Crippen molar-refractivity contribution in [2.75, 3.05) is 31.6 Å². The Hall–Kier alpha value is -2.15. The molecule has 0 spiro atoms. The van der Waals surface area contributed by atoms with E-state index in [0.717, 1.165) is 12.8 Å². The van der Waals surface area contributed by atoms with Gasteiger partial charge >= 0.3 is 0 Å². The van der Waals surface area contributed by atoms with E-state index in [9.17, 15) is 14.9 Å². The maximum absolute atomic E-state index is 12.5. The summed E-state index contributed by atoms with van der Waals surface area (Å²) in [5.74, 6) is 0.388. The van der Waals surface area contributed by atoms with Gasteiger partial charge in [0.15, 0.2) is 0 Å². The SMILES string of the molecule is CC(Nc1ccc(C(=O)N2CCOCC2)cc1[N+](=O)[O-])C1CCC1. The zero-order valence-corrected chi connectivity index (χ0v) is 13.9. The van der Waals surface area contributed by atoms with E-state index >= 15 is 0 Å². The van der Waals surface area contributed by atoms with E-state index in [1.165, 1.54) is 12.5 Å². The average molecular weight is 333 g/mol. The maximum Gasteiger partial charge on any atom is 0.293 e. The van der Waals surface area contributed by atoms with Crippen molar-refractivity contribution in [3.63, 3.8) is 0 Å². The molecule has 1 unspecified atom stereocenters. The molecule has 2 fully saturated rings. The van der Waals surface area contributed by atoms with E-state index in [1.54, 1.807) is 17.0 Å². The van der Waals surface area contributed by atoms with Crippen LogP contribution in [0.1, 0.15) is 36.5 Å². The van der Waals surface area contributed by atoms with Gasteiger partial charge in [-0.05, 0) is 37.8 Å². The minimum absolute atomic E-state index is 0.0414. The van der Waals surface area contributed by atoms with Gasteiger partial charge in [-0.15, -0.1) is 0 Å². The summed E-state index contributed by atoms with van der Waals surface area (Å²) in [6.45, 7) is 4.11. The third-order valence-electron chi connectivity index (χ3n) is 4.98. The molecule has 7 nitrogen and oxygen atoms in total. The number of ether oxygens (including phenoxy) is 1. The van der Waals surface area contributed by atoms with Crippen molar-refractivity contribution in [2.45, 2.75) is 32.2 Å². The molecular formula is C17H23N3O4. The van der Waals surface area contributed by atoms with Gasteiger partial charge in [-0.25, -0.2) is 0 Å². The number of anilines is 1. The van der Waals surface area contributed by atoms with Crippen LogP contribution < -0.4 is 5.32 Å². The van der Waals surface area contributed by atoms with E-state index in [0.29, 0.717) is 43.5 Å². The molecule has 1 aromatic rings. The van der Waals surface area contributed by atoms with Crippen molar-refractivity contribution >= 4 is 17.3 Å². The lowest BCUT2D eigenvalue weighted by molar-refractivity contribution is -0.384. The minimum atomic E-state index is -0.425. The molecule has 0 aromatic heterocycles. The summed E-state index contributed by atoms with van der Waals surface area (Å²) in [6, 6.07) is 4.90. The quantitative estimate of drug-likeness (QED) is 0.661. The van der Waals surface area contributed by atoms with Gasteiger partial charge in [-0.1, -0.05) is 6.42 Å². The van der Waals surface area contributed by atoms with Crippen LogP contribution in [-0.4, -0.2) is 48.1 Å². The number of nitrogens with zero attached hydrogens (tertiary/aromatic N) is 2. The second-order valence-corrected chi connectivity index (χ2v) is 6.52. The van der Waals surface area contributed by atoms with E-state index in [1.807, 2.05) is 0 Å². The van der Waals surface area contributed by atoms with E-state index in [4.69, 9.17) is 4.74 Å². The highest BCUT2D eigenvalue weighted by atomic mass is 16.6. The third-order valence-corrected chi connectivity index (χ3v) is 4.98. The van der Waals surface area contributed by atoms with Gasteiger partial charge in [0.05, 0.1) is 18.1 Å². The first-order valence-corrected chi connectivity index (χ1v) is 8.48. The molecule has 1 heterocycles. The normalized spacial score (nSPS) is 19.5. The highest BCUT2D eigenvalue weighted by Gasteiger charge is 2.27. The molecule has 0 radical (unpaired) electrons. The second kappa shape index (κ2) is 7.17. The molecule has 1 amide bonds. The highest BCUT2D eigenvalue weighted by molar-refractivity contribution is 5.95. The number of carbonyl (C=O) groups excluding carboxylic acids is 1. The van der Waals surface area contributed by atoms with Crippen LogP contribution in [0, 0.1) is 16.0 Å². The molecule has 3 rings (SSSR count). The average Bonchev–Trinajstić information content (AvgIpc) is 2.53. The molecule has 1 saturated carbocycles. The molecule has 1 aromatic carbocycles. The summed E-state index contributed by atoms with van der Waals surface area (Å²) >= 11 is 0. The Morgan fingerprint density at radius 1 is 1.38 bits per heavy atom. The lowest BCUT2D eigenvalue weighted by atomic mass is 9.80. The lowest BCUT2D eigenvalue weighted by Crippen LogP contribution is -2.40. The molecule has 1 aliphatic carbocycles. The number of nitrogens with one attached hydrogen (secondary N) is 1. The Morgan fingerprint density at radius 2 is 2.08 bits per heavy atom. The number of nitro groups is 1. The summed E-state index contributed by atoms with van der Waals surface area (Å²) in [5.41, 5.74) is 0.795. The lowest BCUT2D eigenvalue weighted by Gasteiger charge is -2.32. The molecule has 0 bridgehead atoms. The van der Waals surface area contributed by atoms with Crippen LogP contribution in [0.2, 0.25) is 0 Å². The fraction of sp³-hybridized carbons (Fsp3) is 0.588. The van der Waals surface area contributed by atoms with Crippen LogP contribution in [0.25, 0.3) is 0 Å². The molecule has 1 aliphatic heterocycles. The van der Waals surface area contributed by atoms with Crippen LogP contribution in [0.3, 0.4) is 0 Å². The molecule has 2 aliphatic rings. The topological polar surface area (TPSA) is 84.7 Å². The molecule has 1 atom stereocenters. The number of rotatable bonds is 5. The smallest absolute Gasteiger partial charge is 0.293 e. The van der Waals surface area contributed by atoms with Crippen LogP contribution in [0.5, 0.6) is 0 Å². The van der Waals surface area contributed by atoms with Gasteiger partial charge in [-0.2, -0.15) is 0 Å². The number of hydrogen-bond donors (Lipinski definition) is 1. The van der Waals surface area contributed by atoms with Gasteiger partial charge < -0.3 is 15.0 Å². The van der Waals surface area contributed by atoms with Crippen molar-refractivity contribution in [3.8, 4) is 0 Å². The van der Waals surface area contributed by atoms with E-state index < -0.39 is 4.92 Å². The molecule has 1 saturated heterocycles. The number of hydrogen-bond acceptors (Lipinski definition) is 5. The Kier molecular flexibility index (Phi) is 4.99. The Morgan fingerprint density at radius 3 is 2.67 bits per heavy atom. The van der Waals surface area contributed by atoms with Gasteiger partial charge in [0.1, 0.15) is 5.69 Å². The molecular weight excluding hydrogens is 310 g/mol. The third kappa shape index (κ3) is 3.51. The first kappa shape index (κ1) is 16.7. The largest absolute Gasteiger partial charge is 0.378 e. The summed E-state index contributed by atoms with van der Waals surface area (Å²) in [5, 5.41) is 14.7. The monoisotopic (exact) mass is 333 g/mol. The van der Waals surface area contributed by atoms with Gasteiger partial charge in [-0.3, -0.25) is 14.9 Å². The van der Waals surface area contributed by atoms with Crippen molar-refractivity contribution in [1.82, 2.24) is 4.90 Å². The zero-order valence-electron chi connectivity index (χ0n) is 13.9. The van der Waals surface area contributed by atoms with Crippen LogP contribution in [0.15, 0.2) is 18.2 Å². The molecule has 1 N–H and O–H groups in total. The van der Waals surface area contributed by atoms with Crippen LogP contribution in [0.4, 0.5) is 11.4 Å². The van der Waals surface area contributed by atoms with Crippen molar-refractivity contribution in [2.24, 2.45) is 5.92 Å². The van der Waals surface area contributed by atoms with Crippen LogP contribution >= 0.6 is 0 Å². The summed E-state index contributed by atoms with van der Waals surface area (Å²) in [7, 11) is 0. The number of amides is 1. The standard InChI is InChI=1S/C17H23N3O4/c1-12(13-3-2-4-13)18-15-6-5-14(11-16(15)20(22)23)17(21)19-7-9-24-10-8-19/h5-6,11-13,18H,2-4,7-10H2,1H3. The predicted octanol–water partition coefficient (Wildman–Crippen LogP) is 2.67. The highest BCUT2D eigenvalue weighted by Crippen LogP contribution is 2.33. The van der Waals surface area contributed by atoms with E-state index in [2.05, 4.69) is 12.2 Å². The number of benzene rings is 1. The number of morpholine rings is 1. The fourth-order valence-corrected chi connectivity index (χ4v) is 3.19. The summed E-state index contributed by atoms with van der Waals surface area (Å²) in [4.78, 5) is 25.2. The number of carbonyl (C=O) groups is 1. The molecule has 7 heteroatoms. The van der Waals surface area contributed by atoms with Crippen molar-refractivity contribution in [1.29, 1.82) is 0 Å². The fourth-order valence-electron chi connectivity index (χ4n) is 3.19. The second-order valence-electron chi connectivity index (χ2n) is 6.52. The Balaban J connectivity index is 1.78. The maximum atomic E-state index is 12.5. The summed E-state index contributed by atoms with van der Waals surface area (Å²) < 4.78 is 5.24. The predicted molar refractivity (Wildman–Crippen MR) is 90.2 cm³/mol. The first-order chi connectivity index (χ1) is 11.6. The first-order valence-electron chi connectivity index (χ1n) is 8.48. The van der Waals surface area contributed by atoms with Gasteiger partial charge in [0.25, 0.3) is 11.6 Å². The van der Waals surface area contributed by atoms with Crippen molar-refractivity contribution in [3.05, 3.63) is 33.9 Å².